The van der Waals surface area contributed by atoms with E-state index in [0.717, 1.165) is 9.80 Å². The quantitative estimate of drug-likeness (QED) is 0.168. The van der Waals surface area contributed by atoms with Gasteiger partial charge in [0.2, 0.25) is 0 Å². The molecule has 0 fully saturated rings. The standard InChI is InChI=1S/C13H21N3O10/c17-9(18)1-14-8(2-15(4-10(19)20)5-11(21)22)3-16(6-12(23)24)7-13(25)26/h8,14H,1-7H2,(H,17,18)(H,19,20)(H,21,22)(H,23,24)(H,25,26). The average molecular weight is 379 g/mol. The number of aliphatic carboxylic acids is 5. The molecule has 0 saturated carbocycles. The van der Waals surface area contributed by atoms with Crippen LogP contribution in [0, 0.1) is 0 Å². The molecular formula is C13H21N3O10. The highest BCUT2D eigenvalue weighted by atomic mass is 16.4. The summed E-state index contributed by atoms with van der Waals surface area (Å²) >= 11 is 0. The van der Waals surface area contributed by atoms with Crippen LogP contribution in [0.3, 0.4) is 0 Å². The molecule has 0 aliphatic carbocycles. The van der Waals surface area contributed by atoms with Crippen molar-refractivity contribution in [3.05, 3.63) is 0 Å². The first kappa shape index (κ1) is 23.2. The number of carboxylic acids is 5. The second-order valence-electron chi connectivity index (χ2n) is 5.39. The van der Waals surface area contributed by atoms with E-state index in [0.29, 0.717) is 0 Å². The lowest BCUT2D eigenvalue weighted by atomic mass is 10.2. The van der Waals surface area contributed by atoms with E-state index in [4.69, 9.17) is 25.5 Å². The molecule has 13 nitrogen and oxygen atoms in total. The fraction of sp³-hybridized carbons (Fsp3) is 0.615. The zero-order chi connectivity index (χ0) is 20.3. The number of hydrogen-bond acceptors (Lipinski definition) is 8. The van der Waals surface area contributed by atoms with Crippen molar-refractivity contribution in [1.82, 2.24) is 15.1 Å². The van der Waals surface area contributed by atoms with Gasteiger partial charge in [-0.05, 0) is 0 Å². The molecule has 0 aliphatic rings. The second-order valence-corrected chi connectivity index (χ2v) is 5.39. The topological polar surface area (TPSA) is 205 Å². The van der Waals surface area contributed by atoms with Crippen molar-refractivity contribution in [3.63, 3.8) is 0 Å². The zero-order valence-electron chi connectivity index (χ0n) is 13.7. The molecule has 0 bridgehead atoms. The first-order valence-electron chi connectivity index (χ1n) is 7.26. The number of carboxylic acid groups (broad SMARTS) is 5. The number of nitrogens with zero attached hydrogens (tertiary/aromatic N) is 2. The van der Waals surface area contributed by atoms with Gasteiger partial charge in [0.15, 0.2) is 0 Å². The lowest BCUT2D eigenvalue weighted by molar-refractivity contribution is -0.143. The van der Waals surface area contributed by atoms with Crippen LogP contribution in [0.15, 0.2) is 0 Å². The van der Waals surface area contributed by atoms with E-state index < -0.39 is 68.6 Å². The molecule has 0 aromatic rings. The van der Waals surface area contributed by atoms with E-state index in [1.807, 2.05) is 0 Å². The predicted molar refractivity (Wildman–Crippen MR) is 82.8 cm³/mol. The van der Waals surface area contributed by atoms with Gasteiger partial charge in [0.25, 0.3) is 0 Å². The fourth-order valence-electron chi connectivity index (χ4n) is 2.18. The molecule has 0 atom stereocenters. The van der Waals surface area contributed by atoms with Crippen molar-refractivity contribution >= 4 is 29.8 Å². The first-order chi connectivity index (χ1) is 12.0. The number of hydrogen-bond donors (Lipinski definition) is 6. The Morgan fingerprint density at radius 1 is 0.615 bits per heavy atom. The monoisotopic (exact) mass is 379 g/mol. The smallest absolute Gasteiger partial charge is 0.317 e. The van der Waals surface area contributed by atoms with Crippen molar-refractivity contribution in [1.29, 1.82) is 0 Å². The Balaban J connectivity index is 5.20. The minimum atomic E-state index is -1.31. The predicted octanol–water partition coefficient (Wildman–Crippen LogP) is -3.03. The SMILES string of the molecule is O=C(O)CNC(CN(CC(=O)O)CC(=O)O)CN(CC(=O)O)CC(=O)O. The second kappa shape index (κ2) is 11.7. The molecule has 0 amide bonds. The van der Waals surface area contributed by atoms with Crippen LogP contribution in [0.1, 0.15) is 0 Å². The van der Waals surface area contributed by atoms with Crippen LogP contribution in [0.5, 0.6) is 0 Å². The Morgan fingerprint density at radius 3 is 1.15 bits per heavy atom. The Hall–Kier alpha value is -2.77. The summed E-state index contributed by atoms with van der Waals surface area (Å²) in [7, 11) is 0. The first-order valence-corrected chi connectivity index (χ1v) is 7.26. The summed E-state index contributed by atoms with van der Waals surface area (Å²) in [6.45, 7) is -3.63. The highest BCUT2D eigenvalue weighted by Crippen LogP contribution is 1.99. The summed E-state index contributed by atoms with van der Waals surface area (Å²) < 4.78 is 0. The number of rotatable bonds is 15. The normalized spacial score (nSPS) is 11.0. The highest BCUT2D eigenvalue weighted by molar-refractivity contribution is 5.73. The maximum atomic E-state index is 10.8. The van der Waals surface area contributed by atoms with Gasteiger partial charge >= 0.3 is 29.8 Å². The van der Waals surface area contributed by atoms with Crippen molar-refractivity contribution in [2.24, 2.45) is 0 Å². The number of carbonyl (C=O) groups is 5. The van der Waals surface area contributed by atoms with Crippen molar-refractivity contribution in [2.75, 3.05) is 45.8 Å². The van der Waals surface area contributed by atoms with Crippen LogP contribution in [0.2, 0.25) is 0 Å². The molecule has 26 heavy (non-hydrogen) atoms. The molecule has 0 saturated heterocycles. The molecule has 0 heterocycles. The van der Waals surface area contributed by atoms with Crippen LogP contribution >= 0.6 is 0 Å². The van der Waals surface area contributed by atoms with E-state index in [9.17, 15) is 24.0 Å². The maximum absolute atomic E-state index is 10.8. The highest BCUT2D eigenvalue weighted by Gasteiger charge is 2.23. The van der Waals surface area contributed by atoms with Gasteiger partial charge in [0.05, 0.1) is 32.7 Å². The molecule has 13 heteroatoms. The van der Waals surface area contributed by atoms with Gasteiger partial charge < -0.3 is 30.8 Å². The van der Waals surface area contributed by atoms with Gasteiger partial charge in [-0.25, -0.2) is 0 Å². The van der Waals surface area contributed by atoms with Gasteiger partial charge in [0, 0.05) is 19.1 Å². The molecule has 0 rings (SSSR count). The summed E-state index contributed by atoms with van der Waals surface area (Å²) in [6.07, 6.45) is 0. The molecule has 6 N–H and O–H groups in total. The van der Waals surface area contributed by atoms with Crippen LogP contribution in [0.4, 0.5) is 0 Å². The van der Waals surface area contributed by atoms with Crippen molar-refractivity contribution in [3.8, 4) is 0 Å². The third-order valence-electron chi connectivity index (χ3n) is 2.93. The van der Waals surface area contributed by atoms with Gasteiger partial charge in [-0.1, -0.05) is 0 Å². The van der Waals surface area contributed by atoms with E-state index in [2.05, 4.69) is 5.32 Å². The van der Waals surface area contributed by atoms with Crippen molar-refractivity contribution in [2.45, 2.75) is 6.04 Å². The Bertz CT molecular complexity index is 468. The van der Waals surface area contributed by atoms with E-state index >= 15 is 0 Å². The van der Waals surface area contributed by atoms with Gasteiger partial charge in [0.1, 0.15) is 0 Å². The molecule has 0 radical (unpaired) electrons. The minimum absolute atomic E-state index is 0.248. The lowest BCUT2D eigenvalue weighted by Crippen LogP contribution is -2.52. The largest absolute Gasteiger partial charge is 0.480 e. The lowest BCUT2D eigenvalue weighted by Gasteiger charge is -2.29. The number of nitrogens with one attached hydrogen (secondary N) is 1. The third kappa shape index (κ3) is 12.6. The molecular weight excluding hydrogens is 358 g/mol. The summed E-state index contributed by atoms with van der Waals surface area (Å²) in [6, 6.07) is -0.886. The molecule has 0 spiro atoms. The summed E-state index contributed by atoms with van der Waals surface area (Å²) in [5.41, 5.74) is 0. The Labute approximate surface area is 147 Å². The van der Waals surface area contributed by atoms with Crippen LogP contribution in [-0.2, 0) is 24.0 Å². The molecule has 0 aromatic carbocycles. The average Bonchev–Trinajstić information content (AvgIpc) is 2.41. The Kier molecular flexibility index (Phi) is 10.5. The van der Waals surface area contributed by atoms with E-state index in [-0.39, 0.29) is 13.1 Å². The van der Waals surface area contributed by atoms with Gasteiger partial charge in [-0.2, -0.15) is 0 Å². The van der Waals surface area contributed by atoms with Crippen LogP contribution in [0.25, 0.3) is 0 Å². The molecule has 148 valence electrons. The fourth-order valence-corrected chi connectivity index (χ4v) is 2.18. The summed E-state index contributed by atoms with van der Waals surface area (Å²) in [5.74, 6) is -6.49. The van der Waals surface area contributed by atoms with Crippen LogP contribution < -0.4 is 5.32 Å². The van der Waals surface area contributed by atoms with E-state index in [1.54, 1.807) is 0 Å². The zero-order valence-corrected chi connectivity index (χ0v) is 13.7. The third-order valence-corrected chi connectivity index (χ3v) is 2.93. The summed E-state index contributed by atoms with van der Waals surface area (Å²) in [5, 5.41) is 46.6. The molecule has 0 unspecified atom stereocenters. The molecule has 0 aromatic heterocycles. The Morgan fingerprint density at radius 2 is 0.923 bits per heavy atom. The molecule has 0 aliphatic heterocycles. The maximum Gasteiger partial charge on any atom is 0.317 e. The summed E-state index contributed by atoms with van der Waals surface area (Å²) in [4.78, 5) is 56.1. The van der Waals surface area contributed by atoms with Crippen LogP contribution in [-0.4, -0.2) is 117 Å². The minimum Gasteiger partial charge on any atom is -0.480 e. The van der Waals surface area contributed by atoms with Gasteiger partial charge in [-0.15, -0.1) is 0 Å². The van der Waals surface area contributed by atoms with E-state index in [1.165, 1.54) is 0 Å². The van der Waals surface area contributed by atoms with Gasteiger partial charge in [-0.3, -0.25) is 33.8 Å². The van der Waals surface area contributed by atoms with Crippen molar-refractivity contribution < 1.29 is 49.5 Å².